The quantitative estimate of drug-likeness (QED) is 0.881. The average Bonchev–Trinajstić information content (AvgIpc) is 2.41. The van der Waals surface area contributed by atoms with Crippen molar-refractivity contribution in [3.05, 3.63) is 29.3 Å². The van der Waals surface area contributed by atoms with Crippen molar-refractivity contribution in [2.45, 2.75) is 31.2 Å². The second-order valence-corrected chi connectivity index (χ2v) is 7.00. The number of hydrogen-bond acceptors (Lipinski definition) is 4. The molecule has 1 heterocycles. The second kappa shape index (κ2) is 7.23. The van der Waals surface area contributed by atoms with E-state index in [2.05, 4.69) is 10.0 Å². The summed E-state index contributed by atoms with van der Waals surface area (Å²) in [4.78, 5) is 0.222. The molecule has 0 saturated carbocycles. The minimum atomic E-state index is -3.53. The van der Waals surface area contributed by atoms with Crippen molar-refractivity contribution in [3.63, 3.8) is 0 Å². The van der Waals surface area contributed by atoms with Crippen LogP contribution in [0.1, 0.15) is 24.5 Å². The Bertz CT molecular complexity index is 640. The van der Waals surface area contributed by atoms with Crippen LogP contribution >= 0.6 is 12.4 Å². The predicted molar refractivity (Wildman–Crippen MR) is 83.9 cm³/mol. The normalized spacial score (nSPS) is 22.1. The van der Waals surface area contributed by atoms with Gasteiger partial charge in [0, 0.05) is 6.04 Å². The molecule has 0 aliphatic carbocycles. The van der Waals surface area contributed by atoms with Crippen LogP contribution in [0.2, 0.25) is 0 Å². The Kier molecular flexibility index (Phi) is 6.17. The first kappa shape index (κ1) is 17.9. The summed E-state index contributed by atoms with van der Waals surface area (Å²) in [5, 5.41) is 12.1. The smallest absolute Gasteiger partial charge is 0.240 e. The van der Waals surface area contributed by atoms with Gasteiger partial charge < -0.3 is 5.32 Å². The zero-order valence-electron chi connectivity index (χ0n) is 12.1. The Hall–Kier alpha value is -1.13. The van der Waals surface area contributed by atoms with Gasteiger partial charge in [-0.25, -0.2) is 13.1 Å². The summed E-state index contributed by atoms with van der Waals surface area (Å²) in [7, 11) is -3.53. The van der Waals surface area contributed by atoms with Crippen LogP contribution < -0.4 is 10.0 Å². The molecule has 2 unspecified atom stereocenters. The highest BCUT2D eigenvalue weighted by molar-refractivity contribution is 7.89. The van der Waals surface area contributed by atoms with E-state index in [1.807, 2.05) is 13.0 Å². The van der Waals surface area contributed by atoms with Crippen LogP contribution in [0.25, 0.3) is 0 Å². The summed E-state index contributed by atoms with van der Waals surface area (Å²) < 4.78 is 27.5. The van der Waals surface area contributed by atoms with E-state index in [-0.39, 0.29) is 29.3 Å². The van der Waals surface area contributed by atoms with E-state index in [0.717, 1.165) is 19.5 Å². The SMILES string of the molecule is Cc1cc(S(=O)(=O)NC2CCNCC2C)ccc1C#N.Cl. The Morgan fingerprint density at radius 1 is 1.43 bits per heavy atom. The van der Waals surface area contributed by atoms with Gasteiger partial charge in [0.2, 0.25) is 10.0 Å². The van der Waals surface area contributed by atoms with Crippen LogP contribution in [0.5, 0.6) is 0 Å². The van der Waals surface area contributed by atoms with E-state index in [9.17, 15) is 8.42 Å². The first-order chi connectivity index (χ1) is 9.44. The molecule has 1 aromatic carbocycles. The summed E-state index contributed by atoms with van der Waals surface area (Å²) in [5.41, 5.74) is 1.17. The van der Waals surface area contributed by atoms with E-state index in [1.165, 1.54) is 6.07 Å². The van der Waals surface area contributed by atoms with Crippen LogP contribution in [0.15, 0.2) is 23.1 Å². The van der Waals surface area contributed by atoms with Crippen LogP contribution in [0.3, 0.4) is 0 Å². The van der Waals surface area contributed by atoms with Gasteiger partial charge in [-0.2, -0.15) is 5.26 Å². The third-order valence-corrected chi connectivity index (χ3v) is 5.21. The first-order valence-corrected chi connectivity index (χ1v) is 8.16. The molecule has 0 aromatic heterocycles. The zero-order chi connectivity index (χ0) is 14.8. The molecule has 1 aliphatic heterocycles. The number of piperidine rings is 1. The Balaban J connectivity index is 0.00000220. The van der Waals surface area contributed by atoms with E-state index in [0.29, 0.717) is 11.1 Å². The molecule has 0 bridgehead atoms. The molecule has 0 spiro atoms. The minimum Gasteiger partial charge on any atom is -0.316 e. The van der Waals surface area contributed by atoms with Crippen molar-refractivity contribution in [2.75, 3.05) is 13.1 Å². The third-order valence-electron chi connectivity index (χ3n) is 3.72. The highest BCUT2D eigenvalue weighted by Gasteiger charge is 2.26. The van der Waals surface area contributed by atoms with Crippen LogP contribution in [0, 0.1) is 24.2 Å². The highest BCUT2D eigenvalue weighted by Crippen LogP contribution is 2.18. The van der Waals surface area contributed by atoms with Gasteiger partial charge in [-0.1, -0.05) is 6.92 Å². The predicted octanol–water partition coefficient (Wildman–Crippen LogP) is 1.56. The number of sulfonamides is 1. The largest absolute Gasteiger partial charge is 0.316 e. The number of rotatable bonds is 3. The number of nitriles is 1. The molecule has 1 aliphatic rings. The van der Waals surface area contributed by atoms with Crippen LogP contribution in [-0.4, -0.2) is 27.5 Å². The molecule has 2 rings (SSSR count). The average molecular weight is 330 g/mol. The fourth-order valence-corrected chi connectivity index (χ4v) is 3.85. The lowest BCUT2D eigenvalue weighted by molar-refractivity contribution is 0.328. The van der Waals surface area contributed by atoms with Gasteiger partial charge in [-0.3, -0.25) is 0 Å². The summed E-state index contributed by atoms with van der Waals surface area (Å²) in [6.45, 7) is 5.41. The number of hydrogen-bond donors (Lipinski definition) is 2. The topological polar surface area (TPSA) is 82.0 Å². The van der Waals surface area contributed by atoms with Gasteiger partial charge >= 0.3 is 0 Å². The van der Waals surface area contributed by atoms with Crippen LogP contribution in [0.4, 0.5) is 0 Å². The number of aryl methyl sites for hydroxylation is 1. The molecule has 5 nitrogen and oxygen atoms in total. The Morgan fingerprint density at radius 2 is 2.14 bits per heavy atom. The molecule has 0 radical (unpaired) electrons. The molecular formula is C14H20ClN3O2S. The maximum absolute atomic E-state index is 12.4. The molecule has 1 saturated heterocycles. The summed E-state index contributed by atoms with van der Waals surface area (Å²) in [6.07, 6.45) is 0.787. The van der Waals surface area contributed by atoms with E-state index in [4.69, 9.17) is 5.26 Å². The monoisotopic (exact) mass is 329 g/mol. The van der Waals surface area contributed by atoms with Crippen molar-refractivity contribution < 1.29 is 8.42 Å². The first-order valence-electron chi connectivity index (χ1n) is 6.68. The molecule has 2 N–H and O–H groups in total. The van der Waals surface area contributed by atoms with Gasteiger partial charge in [0.1, 0.15) is 0 Å². The van der Waals surface area contributed by atoms with Gasteiger partial charge in [-0.05, 0) is 56.1 Å². The van der Waals surface area contributed by atoms with E-state index < -0.39 is 10.0 Å². The lowest BCUT2D eigenvalue weighted by Crippen LogP contribution is -2.48. The van der Waals surface area contributed by atoms with Crippen molar-refractivity contribution in [1.29, 1.82) is 5.26 Å². The third kappa shape index (κ3) is 4.17. The summed E-state index contributed by atoms with van der Waals surface area (Å²) in [5.74, 6) is 0.262. The Labute approximate surface area is 132 Å². The van der Waals surface area contributed by atoms with E-state index in [1.54, 1.807) is 19.1 Å². The van der Waals surface area contributed by atoms with Crippen molar-refractivity contribution in [3.8, 4) is 6.07 Å². The van der Waals surface area contributed by atoms with Crippen LogP contribution in [-0.2, 0) is 10.0 Å². The lowest BCUT2D eigenvalue weighted by atomic mass is 9.97. The van der Waals surface area contributed by atoms with Gasteiger partial charge in [-0.15, -0.1) is 12.4 Å². The van der Waals surface area contributed by atoms with Gasteiger partial charge in [0.15, 0.2) is 0 Å². The number of nitrogens with one attached hydrogen (secondary N) is 2. The number of halogens is 1. The molecular weight excluding hydrogens is 310 g/mol. The molecule has 7 heteroatoms. The van der Waals surface area contributed by atoms with Crippen molar-refractivity contribution in [2.24, 2.45) is 5.92 Å². The van der Waals surface area contributed by atoms with Gasteiger partial charge in [0.25, 0.3) is 0 Å². The second-order valence-electron chi connectivity index (χ2n) is 5.29. The number of nitrogens with zero attached hydrogens (tertiary/aromatic N) is 1. The van der Waals surface area contributed by atoms with E-state index >= 15 is 0 Å². The summed E-state index contributed by atoms with van der Waals surface area (Å²) >= 11 is 0. The highest BCUT2D eigenvalue weighted by atomic mass is 35.5. The fourth-order valence-electron chi connectivity index (χ4n) is 2.39. The minimum absolute atomic E-state index is 0. The van der Waals surface area contributed by atoms with Crippen molar-refractivity contribution >= 4 is 22.4 Å². The standard InChI is InChI=1S/C14H19N3O2S.ClH/c1-10-7-13(4-3-12(10)8-15)20(18,19)17-14-5-6-16-9-11(14)2;/h3-4,7,11,14,16-17H,5-6,9H2,1-2H3;1H. The molecule has 2 atom stereocenters. The Morgan fingerprint density at radius 3 is 2.71 bits per heavy atom. The zero-order valence-corrected chi connectivity index (χ0v) is 13.7. The van der Waals surface area contributed by atoms with Gasteiger partial charge in [0.05, 0.1) is 16.5 Å². The molecule has 1 aromatic rings. The number of benzene rings is 1. The summed E-state index contributed by atoms with van der Waals surface area (Å²) in [6, 6.07) is 6.58. The maximum atomic E-state index is 12.4. The molecule has 21 heavy (non-hydrogen) atoms. The molecule has 0 amide bonds. The lowest BCUT2D eigenvalue weighted by Gasteiger charge is -2.30. The molecule has 116 valence electrons. The maximum Gasteiger partial charge on any atom is 0.240 e. The fraction of sp³-hybridized carbons (Fsp3) is 0.500. The molecule has 1 fully saturated rings. The van der Waals surface area contributed by atoms with Crippen molar-refractivity contribution in [1.82, 2.24) is 10.0 Å².